The molecule has 0 aromatic heterocycles. The van der Waals surface area contributed by atoms with Crippen LogP contribution in [0, 0.1) is 0 Å². The van der Waals surface area contributed by atoms with Crippen LogP contribution in [0.25, 0.3) is 0 Å². The van der Waals surface area contributed by atoms with E-state index in [1.165, 1.54) is 12.1 Å². The highest BCUT2D eigenvalue weighted by Gasteiger charge is 2.41. The average Bonchev–Trinajstić information content (AvgIpc) is 2.65. The van der Waals surface area contributed by atoms with E-state index in [1.807, 2.05) is 0 Å². The first-order valence-electron chi connectivity index (χ1n) is 4.98. The fraction of sp³-hybridized carbons (Fsp3) is 0.273. The van der Waals surface area contributed by atoms with Gasteiger partial charge in [-0.3, -0.25) is 14.0 Å². The largest absolute Gasteiger partial charge is 0.418 e. The van der Waals surface area contributed by atoms with Crippen LogP contribution in [0.15, 0.2) is 18.2 Å². The predicted molar refractivity (Wildman–Crippen MR) is 58.5 cm³/mol. The van der Waals surface area contributed by atoms with Crippen molar-refractivity contribution < 1.29 is 22.8 Å². The molecule has 1 unspecified atom stereocenters. The van der Waals surface area contributed by atoms with Crippen LogP contribution in [0.2, 0.25) is 0 Å². The van der Waals surface area contributed by atoms with Crippen LogP contribution in [0.3, 0.4) is 0 Å². The van der Waals surface area contributed by atoms with Crippen LogP contribution in [0.4, 0.5) is 18.9 Å². The number of carbonyl (C=O) groups excluding carboxylic acids is 2. The number of halogens is 4. The molecular formula is C11H7ClF3NO2. The van der Waals surface area contributed by atoms with Gasteiger partial charge in [-0.2, -0.15) is 13.2 Å². The Morgan fingerprint density at radius 2 is 2.11 bits per heavy atom. The van der Waals surface area contributed by atoms with Gasteiger partial charge in [-0.15, -0.1) is 0 Å². The standard InChI is InChI=1S/C11H7ClF3NO2/c12-16-4-7(9(18)5-17)6-2-1-3-8(10(6)16)11(13,14)15/h1-3,5,7H,4H2. The summed E-state index contributed by atoms with van der Waals surface area (Å²) in [5.41, 5.74) is -1.01. The quantitative estimate of drug-likeness (QED) is 0.474. The molecule has 96 valence electrons. The van der Waals surface area contributed by atoms with Gasteiger partial charge in [0.25, 0.3) is 0 Å². The van der Waals surface area contributed by atoms with Crippen molar-refractivity contribution in [2.45, 2.75) is 12.1 Å². The third-order valence-electron chi connectivity index (χ3n) is 2.79. The summed E-state index contributed by atoms with van der Waals surface area (Å²) in [5, 5.41) is 0. The van der Waals surface area contributed by atoms with Crippen LogP contribution >= 0.6 is 11.8 Å². The molecule has 3 nitrogen and oxygen atoms in total. The first-order chi connectivity index (χ1) is 8.36. The molecule has 0 radical (unpaired) electrons. The summed E-state index contributed by atoms with van der Waals surface area (Å²) in [6.07, 6.45) is -4.46. The maximum Gasteiger partial charge on any atom is 0.418 e. The van der Waals surface area contributed by atoms with E-state index in [9.17, 15) is 22.8 Å². The highest BCUT2D eigenvalue weighted by Crippen LogP contribution is 2.45. The summed E-state index contributed by atoms with van der Waals surface area (Å²) in [7, 11) is 0. The molecule has 0 bridgehead atoms. The Bertz CT molecular complexity index is 516. The van der Waals surface area contributed by atoms with Crippen LogP contribution in [-0.2, 0) is 15.8 Å². The minimum absolute atomic E-state index is 0.102. The summed E-state index contributed by atoms with van der Waals surface area (Å²) >= 11 is 5.71. The zero-order valence-corrected chi connectivity index (χ0v) is 9.63. The molecule has 1 aliphatic rings. The number of hydrogen-bond donors (Lipinski definition) is 0. The smallest absolute Gasteiger partial charge is 0.295 e. The Morgan fingerprint density at radius 3 is 2.67 bits per heavy atom. The first-order valence-corrected chi connectivity index (χ1v) is 5.32. The fourth-order valence-corrected chi connectivity index (χ4v) is 2.34. The number of carbonyl (C=O) groups is 2. The zero-order valence-electron chi connectivity index (χ0n) is 8.87. The molecule has 0 aliphatic carbocycles. The van der Waals surface area contributed by atoms with Crippen molar-refractivity contribution in [3.8, 4) is 0 Å². The molecule has 0 N–H and O–H groups in total. The minimum atomic E-state index is -4.56. The molecule has 0 fully saturated rings. The number of benzene rings is 1. The number of rotatable bonds is 2. The van der Waals surface area contributed by atoms with E-state index < -0.39 is 23.4 Å². The van der Waals surface area contributed by atoms with Gasteiger partial charge in [0.2, 0.25) is 5.78 Å². The van der Waals surface area contributed by atoms with Crippen LogP contribution in [-0.4, -0.2) is 18.6 Å². The molecule has 1 aromatic rings. The highest BCUT2D eigenvalue weighted by molar-refractivity contribution is 6.31. The Morgan fingerprint density at radius 1 is 1.44 bits per heavy atom. The first kappa shape index (κ1) is 12.9. The highest BCUT2D eigenvalue weighted by atomic mass is 35.5. The number of anilines is 1. The second-order valence-electron chi connectivity index (χ2n) is 3.86. The average molecular weight is 278 g/mol. The lowest BCUT2D eigenvalue weighted by Crippen LogP contribution is -2.18. The summed E-state index contributed by atoms with van der Waals surface area (Å²) in [6.45, 7) is -0.137. The summed E-state index contributed by atoms with van der Waals surface area (Å²) in [5.74, 6) is -1.71. The van der Waals surface area contributed by atoms with Crippen molar-refractivity contribution in [1.29, 1.82) is 0 Å². The number of Topliss-reactive ketones (excluding diaryl/α,β-unsaturated/α-hetero) is 1. The fourth-order valence-electron chi connectivity index (χ4n) is 2.02. The number of para-hydroxylation sites is 1. The van der Waals surface area contributed by atoms with Crippen molar-refractivity contribution in [2.75, 3.05) is 11.0 Å². The predicted octanol–water partition coefficient (Wildman–Crippen LogP) is 2.53. The van der Waals surface area contributed by atoms with Crippen molar-refractivity contribution in [3.63, 3.8) is 0 Å². The monoisotopic (exact) mass is 277 g/mol. The Kier molecular flexibility index (Phi) is 3.06. The summed E-state index contributed by atoms with van der Waals surface area (Å²) in [4.78, 5) is 21.8. The Labute approximate surface area is 105 Å². The van der Waals surface area contributed by atoms with E-state index >= 15 is 0 Å². The summed E-state index contributed by atoms with van der Waals surface area (Å²) in [6, 6.07) is 3.46. The molecule has 0 amide bonds. The molecule has 2 rings (SSSR count). The number of ketones is 1. The second-order valence-corrected chi connectivity index (χ2v) is 4.27. The molecule has 18 heavy (non-hydrogen) atoms. The van der Waals surface area contributed by atoms with Gasteiger partial charge in [0, 0.05) is 18.3 Å². The lowest BCUT2D eigenvalue weighted by molar-refractivity contribution is -0.137. The van der Waals surface area contributed by atoms with E-state index in [0.29, 0.717) is 0 Å². The number of fused-ring (bicyclic) bond motifs is 1. The molecule has 1 atom stereocenters. The van der Waals surface area contributed by atoms with E-state index in [0.717, 1.165) is 10.5 Å². The van der Waals surface area contributed by atoms with Crippen molar-refractivity contribution in [3.05, 3.63) is 29.3 Å². The van der Waals surface area contributed by atoms with Gasteiger partial charge in [0.1, 0.15) is 0 Å². The molecule has 0 spiro atoms. The van der Waals surface area contributed by atoms with E-state index in [4.69, 9.17) is 11.8 Å². The van der Waals surface area contributed by atoms with Gasteiger partial charge < -0.3 is 0 Å². The lowest BCUT2D eigenvalue weighted by atomic mass is 9.95. The SMILES string of the molecule is O=CC(=O)C1CN(Cl)c2c1cccc2C(F)(F)F. The van der Waals surface area contributed by atoms with Crippen LogP contribution < -0.4 is 4.42 Å². The molecular weight excluding hydrogens is 271 g/mol. The van der Waals surface area contributed by atoms with E-state index in [2.05, 4.69) is 0 Å². The van der Waals surface area contributed by atoms with Crippen LogP contribution in [0.1, 0.15) is 17.0 Å². The normalized spacial score (nSPS) is 18.7. The maximum absolute atomic E-state index is 12.8. The van der Waals surface area contributed by atoms with Gasteiger partial charge in [-0.05, 0) is 11.6 Å². The number of nitrogens with zero attached hydrogens (tertiary/aromatic N) is 1. The van der Waals surface area contributed by atoms with Crippen molar-refractivity contribution in [2.24, 2.45) is 0 Å². The number of hydrogen-bond acceptors (Lipinski definition) is 3. The second kappa shape index (κ2) is 4.28. The third kappa shape index (κ3) is 1.96. The number of aldehydes is 1. The minimum Gasteiger partial charge on any atom is -0.295 e. The van der Waals surface area contributed by atoms with E-state index in [1.54, 1.807) is 0 Å². The topological polar surface area (TPSA) is 37.4 Å². The lowest BCUT2D eigenvalue weighted by Gasteiger charge is -2.15. The molecule has 0 saturated carbocycles. The molecule has 7 heteroatoms. The van der Waals surface area contributed by atoms with Gasteiger partial charge >= 0.3 is 6.18 Å². The Hall–Kier alpha value is -1.56. The van der Waals surface area contributed by atoms with Gasteiger partial charge in [0.15, 0.2) is 6.29 Å². The zero-order chi connectivity index (χ0) is 13.5. The Balaban J connectivity index is 2.58. The molecule has 1 aliphatic heterocycles. The van der Waals surface area contributed by atoms with Gasteiger partial charge in [-0.1, -0.05) is 12.1 Å². The molecule has 1 heterocycles. The van der Waals surface area contributed by atoms with Crippen molar-refractivity contribution >= 4 is 29.5 Å². The number of alkyl halides is 3. The maximum atomic E-state index is 12.8. The molecule has 0 saturated heterocycles. The van der Waals surface area contributed by atoms with Gasteiger partial charge in [0.05, 0.1) is 17.2 Å². The molecule has 1 aromatic carbocycles. The van der Waals surface area contributed by atoms with Crippen LogP contribution in [0.5, 0.6) is 0 Å². The van der Waals surface area contributed by atoms with Gasteiger partial charge in [-0.25, -0.2) is 0 Å². The van der Waals surface area contributed by atoms with E-state index in [-0.39, 0.29) is 24.1 Å². The summed E-state index contributed by atoms with van der Waals surface area (Å²) < 4.78 is 39.2. The van der Waals surface area contributed by atoms with Crippen molar-refractivity contribution in [1.82, 2.24) is 0 Å². The third-order valence-corrected chi connectivity index (χ3v) is 3.10.